The molecule has 0 saturated carbocycles. The van der Waals surface area contributed by atoms with E-state index in [1.54, 1.807) is 0 Å². The highest BCUT2D eigenvalue weighted by molar-refractivity contribution is 6.72. The molecule has 2 aliphatic rings. The minimum atomic E-state index is -2.23. The van der Waals surface area contributed by atoms with E-state index in [0.29, 0.717) is 6.61 Å². The van der Waals surface area contributed by atoms with E-state index >= 15 is 0 Å². The summed E-state index contributed by atoms with van der Waals surface area (Å²) in [5, 5.41) is 11.5. The topological polar surface area (TPSA) is 113 Å². The van der Waals surface area contributed by atoms with Crippen LogP contribution in [0.5, 0.6) is 0 Å². The lowest BCUT2D eigenvalue weighted by Crippen LogP contribution is -2.69. The molecule has 0 radical (unpaired) electrons. The Bertz CT molecular complexity index is 1070. The summed E-state index contributed by atoms with van der Waals surface area (Å²) < 4.78 is 68.5. The molecule has 2 fully saturated rings. The van der Waals surface area contributed by atoms with Crippen molar-refractivity contribution in [1.29, 1.82) is 0 Å². The number of aliphatic hydroxyl groups excluding tert-OH is 1. The number of hydrogen-bond donors (Lipinski definition) is 1. The zero-order valence-electron chi connectivity index (χ0n) is 36.2. The van der Waals surface area contributed by atoms with Gasteiger partial charge in [-0.3, -0.25) is 0 Å². The van der Waals surface area contributed by atoms with Crippen LogP contribution in [0.3, 0.4) is 0 Å². The van der Waals surface area contributed by atoms with Gasteiger partial charge in [-0.2, -0.15) is 0 Å². The first-order chi connectivity index (χ1) is 22.5. The average molecular weight is 848 g/mol. The molecule has 0 aromatic rings. The SMILES string of the molecule is C[Si](C)(C)OC[C@H]1O[C@@H](O[C@H]2[C@H](O[Si](C)(C)C)[C@@H](O[Si](C)(C)C)C(O)O[C@@H]2CO[Si](C)(C)C)[C@H](O[Si](C)(C)C)[C@@H](O[Si](C)(C)C)[C@@H]1O[Si](C)(C)C. The van der Waals surface area contributed by atoms with Crippen LogP contribution in [0.4, 0.5) is 0 Å². The molecule has 1 N–H and O–H groups in total. The lowest BCUT2D eigenvalue weighted by atomic mass is 9.97. The van der Waals surface area contributed by atoms with Gasteiger partial charge in [0.1, 0.15) is 48.8 Å². The van der Waals surface area contributed by atoms with E-state index in [1.165, 1.54) is 0 Å². The van der Waals surface area contributed by atoms with Crippen molar-refractivity contribution in [3.8, 4) is 0 Å². The van der Waals surface area contributed by atoms with Crippen molar-refractivity contribution in [2.75, 3.05) is 13.2 Å². The van der Waals surface area contributed by atoms with Gasteiger partial charge in [-0.15, -0.1) is 0 Å². The van der Waals surface area contributed by atoms with Crippen LogP contribution in [0.25, 0.3) is 0 Å². The largest absolute Gasteiger partial charge is 0.415 e. The van der Waals surface area contributed by atoms with Crippen LogP contribution in [-0.2, 0) is 45.2 Å². The average Bonchev–Trinajstić information content (AvgIpc) is 2.84. The highest BCUT2D eigenvalue weighted by atomic mass is 28.4. The van der Waals surface area contributed by atoms with Crippen LogP contribution in [0.2, 0.25) is 137 Å². The minimum Gasteiger partial charge on any atom is -0.415 e. The Morgan fingerprint density at radius 3 is 1.06 bits per heavy atom. The molecule has 304 valence electrons. The van der Waals surface area contributed by atoms with Gasteiger partial charge in [-0.05, 0) is 137 Å². The maximum absolute atomic E-state index is 11.5. The van der Waals surface area contributed by atoms with E-state index in [4.69, 9.17) is 45.2 Å². The van der Waals surface area contributed by atoms with Gasteiger partial charge in [-0.1, -0.05) is 0 Å². The lowest BCUT2D eigenvalue weighted by Gasteiger charge is -2.53. The molecule has 0 bridgehead atoms. The lowest BCUT2D eigenvalue weighted by molar-refractivity contribution is -0.346. The minimum absolute atomic E-state index is 0.229. The van der Waals surface area contributed by atoms with E-state index in [0.717, 1.165) is 0 Å². The van der Waals surface area contributed by atoms with Crippen molar-refractivity contribution < 1.29 is 50.3 Å². The molecule has 0 aromatic heterocycles. The summed E-state index contributed by atoms with van der Waals surface area (Å²) in [6, 6.07) is 0. The maximum Gasteiger partial charge on any atom is 0.186 e. The quantitative estimate of drug-likeness (QED) is 0.138. The number of rotatable bonds is 18. The summed E-state index contributed by atoms with van der Waals surface area (Å²) in [4.78, 5) is 0. The van der Waals surface area contributed by atoms with E-state index in [1.807, 2.05) is 0 Å². The third-order valence-electron chi connectivity index (χ3n) is 7.30. The highest BCUT2D eigenvalue weighted by Crippen LogP contribution is 2.38. The molecule has 10 atom stereocenters. The molecule has 2 aliphatic heterocycles. The smallest absolute Gasteiger partial charge is 0.186 e. The fourth-order valence-corrected chi connectivity index (χ4v) is 12.6. The van der Waals surface area contributed by atoms with Crippen LogP contribution < -0.4 is 0 Å². The molecule has 0 spiro atoms. The second-order valence-electron chi connectivity index (χ2n) is 21.0. The Balaban J connectivity index is 2.83. The predicted octanol–water partition coefficient (Wildman–Crippen LogP) is 7.62. The zero-order chi connectivity index (χ0) is 39.8. The van der Waals surface area contributed by atoms with Gasteiger partial charge in [0.2, 0.25) is 0 Å². The molecule has 2 heterocycles. The monoisotopic (exact) mass is 846 g/mol. The predicted molar refractivity (Wildman–Crippen MR) is 224 cm³/mol. The summed E-state index contributed by atoms with van der Waals surface area (Å²) in [6.45, 7) is 45.9. The van der Waals surface area contributed by atoms with Gasteiger partial charge >= 0.3 is 0 Å². The van der Waals surface area contributed by atoms with E-state index in [-0.39, 0.29) is 6.61 Å². The van der Waals surface area contributed by atoms with Crippen molar-refractivity contribution in [2.45, 2.75) is 199 Å². The fourth-order valence-electron chi connectivity index (χ4n) is 5.84. The van der Waals surface area contributed by atoms with Gasteiger partial charge in [0.15, 0.2) is 70.8 Å². The summed E-state index contributed by atoms with van der Waals surface area (Å²) in [7, 11) is -14.9. The van der Waals surface area contributed by atoms with Crippen molar-refractivity contribution >= 4 is 58.2 Å². The zero-order valence-corrected chi connectivity index (χ0v) is 43.2. The molecule has 2 saturated heterocycles. The molecular weight excluding hydrogens is 769 g/mol. The molecule has 18 heteroatoms. The number of hydrogen-bond acceptors (Lipinski definition) is 11. The van der Waals surface area contributed by atoms with E-state index in [2.05, 4.69) is 137 Å². The standard InChI is InChI=1S/C33H78O11Si7/c1-45(2,3)35-22-24-26(28(41-48(10,11)12)30(32(34)37-24)43-50(16,17)18)39-33-31(44-51(19,20)21)29(42-49(13,14)15)27(40-47(7,8)9)25(38-33)23-36-46(4,5)6/h24-34H,22-23H2,1-21H3/t24-,25-,26-,27-,28+,29+,30-,31-,32?,33+/m1/s1. The third-order valence-corrected chi connectivity index (χ3v) is 14.3. The molecule has 0 aromatic carbocycles. The van der Waals surface area contributed by atoms with Gasteiger partial charge < -0.3 is 50.3 Å². The van der Waals surface area contributed by atoms with Gasteiger partial charge in [0.05, 0.1) is 13.2 Å². The molecular formula is C33H78O11Si7. The Labute approximate surface area is 319 Å². The first-order valence-corrected chi connectivity index (χ1v) is 42.7. The molecule has 0 amide bonds. The highest BCUT2D eigenvalue weighted by Gasteiger charge is 2.56. The summed E-state index contributed by atoms with van der Waals surface area (Å²) in [5.41, 5.74) is 0. The fraction of sp³-hybridized carbons (Fsp3) is 1.00. The normalized spacial score (nSPS) is 32.4. The Morgan fingerprint density at radius 1 is 0.373 bits per heavy atom. The van der Waals surface area contributed by atoms with E-state index in [9.17, 15) is 5.11 Å². The van der Waals surface area contributed by atoms with E-state index < -0.39 is 120 Å². The maximum atomic E-state index is 11.5. The van der Waals surface area contributed by atoms with Crippen molar-refractivity contribution in [3.05, 3.63) is 0 Å². The third kappa shape index (κ3) is 18.3. The van der Waals surface area contributed by atoms with Crippen molar-refractivity contribution in [3.63, 3.8) is 0 Å². The molecule has 0 aliphatic carbocycles. The Hall–Kier alpha value is 1.08. The van der Waals surface area contributed by atoms with Crippen LogP contribution >= 0.6 is 0 Å². The van der Waals surface area contributed by atoms with Gasteiger partial charge in [-0.25, -0.2) is 0 Å². The van der Waals surface area contributed by atoms with Crippen LogP contribution in [0, 0.1) is 0 Å². The second kappa shape index (κ2) is 17.7. The molecule has 2 rings (SSSR count). The molecule has 51 heavy (non-hydrogen) atoms. The van der Waals surface area contributed by atoms with Crippen LogP contribution in [-0.4, -0.2) is 138 Å². The Kier molecular flexibility index (Phi) is 16.7. The number of ether oxygens (including phenoxy) is 3. The first kappa shape index (κ1) is 48.2. The summed E-state index contributed by atoms with van der Waals surface area (Å²) >= 11 is 0. The first-order valence-electron chi connectivity index (χ1n) is 18.8. The van der Waals surface area contributed by atoms with Crippen molar-refractivity contribution in [2.24, 2.45) is 0 Å². The van der Waals surface area contributed by atoms with Gasteiger partial charge in [0.25, 0.3) is 0 Å². The summed E-state index contributed by atoms with van der Waals surface area (Å²) in [6.07, 6.45) is -6.86. The van der Waals surface area contributed by atoms with Crippen molar-refractivity contribution in [1.82, 2.24) is 0 Å². The Morgan fingerprint density at radius 2 is 0.686 bits per heavy atom. The summed E-state index contributed by atoms with van der Waals surface area (Å²) in [5.74, 6) is 0. The molecule has 1 unspecified atom stereocenters. The van der Waals surface area contributed by atoms with Crippen LogP contribution in [0.1, 0.15) is 0 Å². The van der Waals surface area contributed by atoms with Gasteiger partial charge in [0, 0.05) is 0 Å². The second-order valence-corrected chi connectivity index (χ2v) is 52.4. The number of aliphatic hydroxyl groups is 1. The van der Waals surface area contributed by atoms with Crippen LogP contribution in [0.15, 0.2) is 0 Å². The molecule has 11 nitrogen and oxygen atoms in total.